The molecular weight excluding hydrogens is 400 g/mol. The maximum Gasteiger partial charge on any atom is 0.341 e. The Hall–Kier alpha value is -2.39. The van der Waals surface area contributed by atoms with Gasteiger partial charge in [0.25, 0.3) is 0 Å². The van der Waals surface area contributed by atoms with Crippen molar-refractivity contribution in [3.8, 4) is 0 Å². The minimum atomic E-state index is -3.67. The summed E-state index contributed by atoms with van der Waals surface area (Å²) in [4.78, 5) is 26.0. The van der Waals surface area contributed by atoms with Crippen LogP contribution in [0.15, 0.2) is 24.3 Å². The predicted molar refractivity (Wildman–Crippen MR) is 110 cm³/mol. The highest BCUT2D eigenvalue weighted by Gasteiger charge is 2.29. The highest BCUT2D eigenvalue weighted by atomic mass is 32.2. The first-order valence-electron chi connectivity index (χ1n) is 8.78. The molecule has 0 bridgehead atoms. The van der Waals surface area contributed by atoms with Gasteiger partial charge in [0.05, 0.1) is 24.6 Å². The molecule has 0 atom stereocenters. The Morgan fingerprint density at radius 3 is 2.61 bits per heavy atom. The van der Waals surface area contributed by atoms with Crippen molar-refractivity contribution in [1.82, 2.24) is 0 Å². The van der Waals surface area contributed by atoms with Gasteiger partial charge in [-0.05, 0) is 43.4 Å². The van der Waals surface area contributed by atoms with Crippen molar-refractivity contribution in [2.75, 3.05) is 29.5 Å². The minimum absolute atomic E-state index is 0.382. The Kier molecular flexibility index (Phi) is 5.76. The summed E-state index contributed by atoms with van der Waals surface area (Å²) in [5.41, 5.74) is 2.49. The monoisotopic (exact) mass is 422 g/mol. The van der Waals surface area contributed by atoms with E-state index >= 15 is 0 Å². The molecule has 0 saturated carbocycles. The summed E-state index contributed by atoms with van der Waals surface area (Å²) in [6.07, 6.45) is 3.66. The fraction of sp³-hybridized carbons (Fsp3) is 0.368. The molecule has 9 heteroatoms. The number of nitrogens with one attached hydrogen (secondary N) is 1. The van der Waals surface area contributed by atoms with Crippen molar-refractivity contribution in [2.24, 2.45) is 0 Å². The van der Waals surface area contributed by atoms with Gasteiger partial charge in [-0.1, -0.05) is 18.2 Å². The fourth-order valence-electron chi connectivity index (χ4n) is 3.33. The largest absolute Gasteiger partial charge is 0.465 e. The summed E-state index contributed by atoms with van der Waals surface area (Å²) in [7, 11) is -2.37. The summed E-state index contributed by atoms with van der Waals surface area (Å²) in [5, 5.41) is 3.14. The highest BCUT2D eigenvalue weighted by molar-refractivity contribution is 7.92. The lowest BCUT2D eigenvalue weighted by Gasteiger charge is -2.23. The van der Waals surface area contributed by atoms with E-state index in [4.69, 9.17) is 4.74 Å². The van der Waals surface area contributed by atoms with E-state index in [9.17, 15) is 18.0 Å². The van der Waals surface area contributed by atoms with E-state index in [2.05, 4.69) is 5.32 Å². The Bertz CT molecular complexity index is 1030. The number of hydrogen-bond acceptors (Lipinski definition) is 6. The smallest absolute Gasteiger partial charge is 0.341 e. The van der Waals surface area contributed by atoms with Gasteiger partial charge in [-0.15, -0.1) is 11.3 Å². The molecule has 1 amide bonds. The van der Waals surface area contributed by atoms with Crippen molar-refractivity contribution < 1.29 is 22.7 Å². The van der Waals surface area contributed by atoms with Crippen LogP contribution in [0, 0.1) is 6.92 Å². The first-order valence-corrected chi connectivity index (χ1v) is 11.4. The zero-order chi connectivity index (χ0) is 20.5. The fourth-order valence-corrected chi connectivity index (χ4v) is 5.54. The second-order valence-electron chi connectivity index (χ2n) is 6.66. The third-order valence-electron chi connectivity index (χ3n) is 4.64. The van der Waals surface area contributed by atoms with Gasteiger partial charge >= 0.3 is 5.97 Å². The number of para-hydroxylation sites is 1. The van der Waals surface area contributed by atoms with E-state index in [1.165, 1.54) is 18.4 Å². The van der Waals surface area contributed by atoms with E-state index in [0.717, 1.165) is 45.8 Å². The molecule has 1 aliphatic rings. The van der Waals surface area contributed by atoms with Crippen LogP contribution < -0.4 is 9.62 Å². The number of nitrogens with zero attached hydrogens (tertiary/aromatic N) is 1. The Morgan fingerprint density at radius 2 is 1.96 bits per heavy atom. The molecule has 0 saturated heterocycles. The van der Waals surface area contributed by atoms with Gasteiger partial charge in [-0.2, -0.15) is 0 Å². The van der Waals surface area contributed by atoms with Gasteiger partial charge in [0.15, 0.2) is 0 Å². The van der Waals surface area contributed by atoms with Crippen LogP contribution in [0.5, 0.6) is 0 Å². The first-order chi connectivity index (χ1) is 13.2. The number of fused-ring (bicyclic) bond motifs is 1. The molecule has 1 aromatic heterocycles. The summed E-state index contributed by atoms with van der Waals surface area (Å²) < 4.78 is 30.5. The molecule has 7 nitrogen and oxygen atoms in total. The standard InChI is InChI=1S/C19H22N2O5S2/c1-12-7-4-5-9-14(12)21(28(3,24)25)11-16(22)20-18-17(19(23)26-2)13-8-6-10-15(13)27-18/h4-5,7,9H,6,8,10-11H2,1-3H3,(H,20,22). The predicted octanol–water partition coefficient (Wildman–Crippen LogP) is 2.74. The van der Waals surface area contributed by atoms with E-state index in [1.807, 2.05) is 0 Å². The molecule has 28 heavy (non-hydrogen) atoms. The molecule has 1 heterocycles. The molecule has 0 spiro atoms. The van der Waals surface area contributed by atoms with Gasteiger partial charge < -0.3 is 10.1 Å². The molecule has 2 aromatic rings. The highest BCUT2D eigenvalue weighted by Crippen LogP contribution is 2.39. The van der Waals surface area contributed by atoms with Crippen LogP contribution in [-0.2, 0) is 32.4 Å². The number of esters is 1. The third kappa shape index (κ3) is 4.05. The van der Waals surface area contributed by atoms with Crippen LogP contribution in [-0.4, -0.2) is 40.2 Å². The molecule has 0 fully saturated rings. The Balaban J connectivity index is 1.87. The molecular formula is C19H22N2O5S2. The van der Waals surface area contributed by atoms with E-state index in [0.29, 0.717) is 16.3 Å². The van der Waals surface area contributed by atoms with Gasteiger partial charge in [0.2, 0.25) is 15.9 Å². The van der Waals surface area contributed by atoms with E-state index in [-0.39, 0.29) is 6.54 Å². The van der Waals surface area contributed by atoms with Crippen LogP contribution >= 0.6 is 11.3 Å². The molecule has 1 aliphatic carbocycles. The van der Waals surface area contributed by atoms with Crippen LogP contribution in [0.2, 0.25) is 0 Å². The molecule has 150 valence electrons. The van der Waals surface area contributed by atoms with Crippen molar-refractivity contribution in [2.45, 2.75) is 26.2 Å². The molecule has 3 rings (SSSR count). The Morgan fingerprint density at radius 1 is 1.25 bits per heavy atom. The lowest BCUT2D eigenvalue weighted by Crippen LogP contribution is -2.37. The number of anilines is 2. The summed E-state index contributed by atoms with van der Waals surface area (Å²) in [6.45, 7) is 1.40. The Labute approximate surface area is 168 Å². The summed E-state index contributed by atoms with van der Waals surface area (Å²) >= 11 is 1.35. The number of aryl methyl sites for hydroxylation is 2. The molecule has 1 N–H and O–H groups in total. The number of hydrogen-bond donors (Lipinski definition) is 1. The van der Waals surface area contributed by atoms with Gasteiger partial charge in [0, 0.05) is 4.88 Å². The van der Waals surface area contributed by atoms with Crippen LogP contribution in [0.4, 0.5) is 10.7 Å². The van der Waals surface area contributed by atoms with E-state index in [1.54, 1.807) is 31.2 Å². The third-order valence-corrected chi connectivity index (χ3v) is 6.97. The number of amides is 1. The number of rotatable bonds is 6. The van der Waals surface area contributed by atoms with Crippen molar-refractivity contribution in [3.63, 3.8) is 0 Å². The van der Waals surface area contributed by atoms with Crippen molar-refractivity contribution >= 4 is 43.9 Å². The van der Waals surface area contributed by atoms with Crippen molar-refractivity contribution in [1.29, 1.82) is 0 Å². The second kappa shape index (κ2) is 7.92. The molecule has 0 unspecified atom stereocenters. The quantitative estimate of drug-likeness (QED) is 0.723. The lowest BCUT2D eigenvalue weighted by molar-refractivity contribution is -0.114. The molecule has 0 radical (unpaired) electrons. The molecule has 1 aromatic carbocycles. The van der Waals surface area contributed by atoms with Gasteiger partial charge in [-0.3, -0.25) is 9.10 Å². The first kappa shape index (κ1) is 20.3. The lowest BCUT2D eigenvalue weighted by atomic mass is 10.1. The topological polar surface area (TPSA) is 92.8 Å². The number of thiophene rings is 1. The summed E-state index contributed by atoms with van der Waals surface area (Å²) in [6, 6.07) is 6.96. The van der Waals surface area contributed by atoms with Crippen LogP contribution in [0.1, 0.15) is 32.8 Å². The average molecular weight is 423 g/mol. The number of carbonyl (C=O) groups excluding carboxylic acids is 2. The number of sulfonamides is 1. The number of benzene rings is 1. The number of methoxy groups -OCH3 is 1. The number of ether oxygens (including phenoxy) is 1. The maximum absolute atomic E-state index is 12.7. The van der Waals surface area contributed by atoms with Crippen LogP contribution in [0.25, 0.3) is 0 Å². The zero-order valence-corrected chi connectivity index (χ0v) is 17.6. The summed E-state index contributed by atoms with van der Waals surface area (Å²) in [5.74, 6) is -1.01. The van der Waals surface area contributed by atoms with Gasteiger partial charge in [0.1, 0.15) is 11.5 Å². The second-order valence-corrected chi connectivity index (χ2v) is 9.67. The maximum atomic E-state index is 12.7. The minimum Gasteiger partial charge on any atom is -0.465 e. The number of carbonyl (C=O) groups is 2. The van der Waals surface area contributed by atoms with E-state index < -0.39 is 21.9 Å². The molecule has 0 aliphatic heterocycles. The SMILES string of the molecule is COC(=O)c1c(NC(=O)CN(c2ccccc2C)S(C)(=O)=O)sc2c1CCC2. The van der Waals surface area contributed by atoms with Crippen molar-refractivity contribution in [3.05, 3.63) is 45.8 Å². The average Bonchev–Trinajstić information content (AvgIpc) is 3.19. The normalized spacial score (nSPS) is 13.1. The zero-order valence-electron chi connectivity index (χ0n) is 15.9. The van der Waals surface area contributed by atoms with Crippen LogP contribution in [0.3, 0.4) is 0 Å². The van der Waals surface area contributed by atoms with Gasteiger partial charge in [-0.25, -0.2) is 13.2 Å².